The lowest BCUT2D eigenvalue weighted by Crippen LogP contribution is -2.12. The van der Waals surface area contributed by atoms with Gasteiger partial charge in [-0.3, -0.25) is 0 Å². The highest BCUT2D eigenvalue weighted by molar-refractivity contribution is 5.85. The van der Waals surface area contributed by atoms with Crippen molar-refractivity contribution in [3.05, 3.63) is 11.7 Å². The largest absolute Gasteiger partial charge is 0.339 e. The minimum atomic E-state index is -0.0444. The van der Waals surface area contributed by atoms with Gasteiger partial charge in [0.15, 0.2) is 5.82 Å². The lowest BCUT2D eigenvalue weighted by molar-refractivity contribution is 0.317. The van der Waals surface area contributed by atoms with E-state index in [-0.39, 0.29) is 17.8 Å². The Labute approximate surface area is 96.2 Å². The summed E-state index contributed by atoms with van der Waals surface area (Å²) < 4.78 is 5.25. The second-order valence-corrected chi connectivity index (χ2v) is 4.90. The van der Waals surface area contributed by atoms with Crippen molar-refractivity contribution in [2.45, 2.75) is 38.5 Å². The summed E-state index contributed by atoms with van der Waals surface area (Å²) in [5, 5.41) is 7.34. The van der Waals surface area contributed by atoms with Crippen LogP contribution in [0.1, 0.15) is 44.8 Å². The van der Waals surface area contributed by atoms with Crippen molar-refractivity contribution >= 4 is 12.4 Å². The van der Waals surface area contributed by atoms with E-state index in [0.717, 1.165) is 31.2 Å². The predicted molar refractivity (Wildman–Crippen MR) is 60.5 cm³/mol. The zero-order valence-corrected chi connectivity index (χ0v) is 10.2. The summed E-state index contributed by atoms with van der Waals surface area (Å²) in [4.78, 5) is 4.45. The molecule has 1 aromatic rings. The molecule has 0 radical (unpaired) electrons. The van der Waals surface area contributed by atoms with E-state index in [9.17, 15) is 0 Å². The van der Waals surface area contributed by atoms with Gasteiger partial charge in [-0.25, -0.2) is 0 Å². The normalized spacial score (nSPS) is 21.4. The Balaban J connectivity index is 0.00000112. The summed E-state index contributed by atoms with van der Waals surface area (Å²) in [5.74, 6) is 2.04. The van der Waals surface area contributed by atoms with Crippen LogP contribution in [-0.2, 0) is 5.41 Å². The minimum absolute atomic E-state index is 0. The third kappa shape index (κ3) is 2.69. The number of halogens is 1. The molecule has 15 heavy (non-hydrogen) atoms. The molecular weight excluding hydrogens is 214 g/mol. The second kappa shape index (κ2) is 4.49. The second-order valence-electron chi connectivity index (χ2n) is 4.90. The van der Waals surface area contributed by atoms with Gasteiger partial charge >= 0.3 is 0 Å². The fraction of sp³-hybridized carbons (Fsp3) is 0.800. The zero-order chi connectivity index (χ0) is 10.2. The van der Waals surface area contributed by atoms with Crippen LogP contribution in [0.5, 0.6) is 0 Å². The van der Waals surface area contributed by atoms with Crippen LogP contribution in [-0.4, -0.2) is 23.2 Å². The molecule has 86 valence electrons. The molecule has 2 heterocycles. The summed E-state index contributed by atoms with van der Waals surface area (Å²) >= 11 is 0. The summed E-state index contributed by atoms with van der Waals surface area (Å²) in [6, 6.07) is 0. The van der Waals surface area contributed by atoms with Crippen LogP contribution in [0.15, 0.2) is 4.52 Å². The van der Waals surface area contributed by atoms with Crippen molar-refractivity contribution in [1.82, 2.24) is 15.5 Å². The first-order chi connectivity index (χ1) is 6.57. The molecule has 1 unspecified atom stereocenters. The number of aromatic nitrogens is 2. The van der Waals surface area contributed by atoms with Gasteiger partial charge in [0.25, 0.3) is 0 Å². The summed E-state index contributed by atoms with van der Waals surface area (Å²) in [6.45, 7) is 8.28. The zero-order valence-electron chi connectivity index (χ0n) is 9.41. The molecule has 0 bridgehead atoms. The standard InChI is InChI=1S/C10H17N3O.ClH/c1-10(2,3)9-12-8(13-14-9)7-4-5-11-6-7;/h7,11H,4-6H2,1-3H3;1H. The van der Waals surface area contributed by atoms with E-state index in [4.69, 9.17) is 4.52 Å². The molecule has 4 nitrogen and oxygen atoms in total. The average molecular weight is 232 g/mol. The number of nitrogens with one attached hydrogen (secondary N) is 1. The highest BCUT2D eigenvalue weighted by atomic mass is 35.5. The molecule has 1 aliphatic heterocycles. The maximum absolute atomic E-state index is 5.25. The quantitative estimate of drug-likeness (QED) is 0.802. The van der Waals surface area contributed by atoms with Crippen molar-refractivity contribution < 1.29 is 4.52 Å². The first-order valence-corrected chi connectivity index (χ1v) is 5.12. The molecule has 5 heteroatoms. The Morgan fingerprint density at radius 3 is 2.60 bits per heavy atom. The summed E-state index contributed by atoms with van der Waals surface area (Å²) in [7, 11) is 0. The third-order valence-electron chi connectivity index (χ3n) is 2.51. The topological polar surface area (TPSA) is 51.0 Å². The Morgan fingerprint density at radius 1 is 1.40 bits per heavy atom. The van der Waals surface area contributed by atoms with E-state index in [1.54, 1.807) is 0 Å². The highest BCUT2D eigenvalue weighted by Gasteiger charge is 2.26. The van der Waals surface area contributed by atoms with E-state index in [0.29, 0.717) is 5.92 Å². The van der Waals surface area contributed by atoms with Crippen molar-refractivity contribution in [3.63, 3.8) is 0 Å². The summed E-state index contributed by atoms with van der Waals surface area (Å²) in [6.07, 6.45) is 1.11. The molecule has 1 saturated heterocycles. The molecule has 0 saturated carbocycles. The molecule has 2 rings (SSSR count). The number of hydrogen-bond acceptors (Lipinski definition) is 4. The smallest absolute Gasteiger partial charge is 0.232 e. The fourth-order valence-electron chi connectivity index (χ4n) is 1.58. The van der Waals surface area contributed by atoms with E-state index >= 15 is 0 Å². The number of nitrogens with zero attached hydrogens (tertiary/aromatic N) is 2. The van der Waals surface area contributed by atoms with E-state index in [1.165, 1.54) is 0 Å². The molecule has 0 amide bonds. The van der Waals surface area contributed by atoms with Crippen LogP contribution in [0, 0.1) is 0 Å². The Morgan fingerprint density at radius 2 is 2.13 bits per heavy atom. The first-order valence-electron chi connectivity index (χ1n) is 5.12. The van der Waals surface area contributed by atoms with Gasteiger partial charge in [0.1, 0.15) is 0 Å². The van der Waals surface area contributed by atoms with Gasteiger partial charge in [0, 0.05) is 17.9 Å². The molecular formula is C10H18ClN3O. The molecule has 1 aliphatic rings. The molecule has 0 aromatic carbocycles. The van der Waals surface area contributed by atoms with Crippen molar-refractivity contribution in [1.29, 1.82) is 0 Å². The Kier molecular flexibility index (Phi) is 3.73. The van der Waals surface area contributed by atoms with Crippen molar-refractivity contribution in [2.24, 2.45) is 0 Å². The third-order valence-corrected chi connectivity index (χ3v) is 2.51. The SMILES string of the molecule is CC(C)(C)c1nc(C2CCNC2)no1.Cl. The van der Waals surface area contributed by atoms with Crippen LogP contribution in [0.4, 0.5) is 0 Å². The fourth-order valence-corrected chi connectivity index (χ4v) is 1.58. The van der Waals surface area contributed by atoms with Crippen LogP contribution in [0.3, 0.4) is 0 Å². The molecule has 1 N–H and O–H groups in total. The van der Waals surface area contributed by atoms with E-state index < -0.39 is 0 Å². The summed E-state index contributed by atoms with van der Waals surface area (Å²) in [5.41, 5.74) is -0.0444. The highest BCUT2D eigenvalue weighted by Crippen LogP contribution is 2.24. The van der Waals surface area contributed by atoms with Crippen LogP contribution in [0.25, 0.3) is 0 Å². The first kappa shape index (κ1) is 12.5. The van der Waals surface area contributed by atoms with Gasteiger partial charge in [0.05, 0.1) is 0 Å². The molecule has 0 aliphatic carbocycles. The Bertz CT molecular complexity index is 313. The molecule has 1 fully saturated rings. The maximum Gasteiger partial charge on any atom is 0.232 e. The van der Waals surface area contributed by atoms with Gasteiger partial charge in [-0.1, -0.05) is 25.9 Å². The number of rotatable bonds is 1. The van der Waals surface area contributed by atoms with Crippen molar-refractivity contribution in [3.8, 4) is 0 Å². The predicted octanol–water partition coefficient (Wildman–Crippen LogP) is 1.87. The van der Waals surface area contributed by atoms with Gasteiger partial charge in [0.2, 0.25) is 5.89 Å². The lowest BCUT2D eigenvalue weighted by atomic mass is 9.97. The minimum Gasteiger partial charge on any atom is -0.339 e. The van der Waals surface area contributed by atoms with E-state index in [2.05, 4.69) is 36.2 Å². The van der Waals surface area contributed by atoms with Gasteiger partial charge in [-0.2, -0.15) is 4.98 Å². The Hall–Kier alpha value is -0.610. The van der Waals surface area contributed by atoms with Crippen LogP contribution in [0.2, 0.25) is 0 Å². The van der Waals surface area contributed by atoms with Crippen molar-refractivity contribution in [2.75, 3.05) is 13.1 Å². The van der Waals surface area contributed by atoms with Gasteiger partial charge in [-0.05, 0) is 13.0 Å². The van der Waals surface area contributed by atoms with E-state index in [1.807, 2.05) is 0 Å². The average Bonchev–Trinajstić information content (AvgIpc) is 2.73. The lowest BCUT2D eigenvalue weighted by Gasteiger charge is -2.10. The van der Waals surface area contributed by atoms with Crippen LogP contribution < -0.4 is 5.32 Å². The monoisotopic (exact) mass is 231 g/mol. The molecule has 1 aromatic heterocycles. The molecule has 0 spiro atoms. The molecule has 1 atom stereocenters. The van der Waals surface area contributed by atoms with Gasteiger partial charge in [-0.15, -0.1) is 12.4 Å². The maximum atomic E-state index is 5.25. The van der Waals surface area contributed by atoms with Crippen LogP contribution >= 0.6 is 12.4 Å². The number of hydrogen-bond donors (Lipinski definition) is 1. The van der Waals surface area contributed by atoms with Gasteiger partial charge < -0.3 is 9.84 Å².